The molecule has 1 heterocycles. The Morgan fingerprint density at radius 2 is 2.47 bits per heavy atom. The van der Waals surface area contributed by atoms with E-state index >= 15 is 0 Å². The van der Waals surface area contributed by atoms with E-state index in [9.17, 15) is 4.79 Å². The van der Waals surface area contributed by atoms with E-state index in [1.54, 1.807) is 13.1 Å². The third-order valence-corrected chi connectivity index (χ3v) is 2.98. The van der Waals surface area contributed by atoms with Gasteiger partial charge in [-0.2, -0.15) is 14.9 Å². The molecule has 0 unspecified atom stereocenters. The van der Waals surface area contributed by atoms with Crippen LogP contribution in [0.1, 0.15) is 25.0 Å². The molecule has 0 saturated heterocycles. The largest absolute Gasteiger partial charge is 0.296 e. The highest BCUT2D eigenvalue weighted by atomic mass is 32.1. The fraction of sp³-hybridized carbons (Fsp3) is 0.455. The van der Waals surface area contributed by atoms with Gasteiger partial charge in [0.1, 0.15) is 5.69 Å². The van der Waals surface area contributed by atoms with Crippen LogP contribution in [0.15, 0.2) is 22.0 Å². The van der Waals surface area contributed by atoms with Gasteiger partial charge < -0.3 is 0 Å². The van der Waals surface area contributed by atoms with Crippen LogP contribution in [0.4, 0.5) is 0 Å². The van der Waals surface area contributed by atoms with E-state index in [1.807, 2.05) is 0 Å². The summed E-state index contributed by atoms with van der Waals surface area (Å²) < 4.78 is 1.42. The molecule has 0 spiro atoms. The predicted molar refractivity (Wildman–Crippen MR) is 68.8 cm³/mol. The van der Waals surface area contributed by atoms with E-state index in [4.69, 9.17) is 12.2 Å². The van der Waals surface area contributed by atoms with Crippen molar-refractivity contribution >= 4 is 18.4 Å². The topological polar surface area (TPSA) is 63.0 Å². The van der Waals surface area contributed by atoms with E-state index in [-0.39, 0.29) is 10.3 Å². The molecule has 0 amide bonds. The molecule has 1 aromatic rings. The Morgan fingerprint density at radius 3 is 3.18 bits per heavy atom. The zero-order valence-corrected chi connectivity index (χ0v) is 10.4. The molecule has 0 saturated carbocycles. The summed E-state index contributed by atoms with van der Waals surface area (Å²) in [4.78, 5) is 11.7. The van der Waals surface area contributed by atoms with Crippen molar-refractivity contribution < 1.29 is 0 Å². The van der Waals surface area contributed by atoms with Crippen LogP contribution < -0.4 is 5.56 Å². The SMILES string of the molecule is Cc1n[nH]c(=S)n(N=C[C@H]2CC=CCC2)c1=O. The molecule has 17 heavy (non-hydrogen) atoms. The van der Waals surface area contributed by atoms with Gasteiger partial charge in [0.15, 0.2) is 0 Å². The number of nitrogens with zero attached hydrogens (tertiary/aromatic N) is 3. The van der Waals surface area contributed by atoms with Crippen molar-refractivity contribution in [1.29, 1.82) is 0 Å². The van der Waals surface area contributed by atoms with E-state index in [0.29, 0.717) is 11.6 Å². The number of hydrogen-bond donors (Lipinski definition) is 1. The van der Waals surface area contributed by atoms with Gasteiger partial charge in [-0.05, 0) is 44.3 Å². The van der Waals surface area contributed by atoms with Crippen LogP contribution >= 0.6 is 12.2 Å². The van der Waals surface area contributed by atoms with Crippen molar-refractivity contribution in [1.82, 2.24) is 14.9 Å². The molecular formula is C11H14N4OS. The maximum absolute atomic E-state index is 11.7. The van der Waals surface area contributed by atoms with Crippen LogP contribution in [0.25, 0.3) is 0 Å². The molecule has 1 aliphatic carbocycles. The fourth-order valence-corrected chi connectivity index (χ4v) is 1.87. The van der Waals surface area contributed by atoms with Gasteiger partial charge in [0.05, 0.1) is 0 Å². The molecule has 0 radical (unpaired) electrons. The van der Waals surface area contributed by atoms with Gasteiger partial charge in [-0.3, -0.25) is 9.89 Å². The lowest BCUT2D eigenvalue weighted by atomic mass is 9.96. The predicted octanol–water partition coefficient (Wildman–Crippen LogP) is 1.80. The highest BCUT2D eigenvalue weighted by molar-refractivity contribution is 7.71. The average Bonchev–Trinajstić information content (AvgIpc) is 2.35. The Labute approximate surface area is 104 Å². The van der Waals surface area contributed by atoms with Crippen LogP contribution in [0, 0.1) is 17.6 Å². The molecule has 0 aliphatic heterocycles. The first-order chi connectivity index (χ1) is 8.18. The number of rotatable bonds is 2. The summed E-state index contributed by atoms with van der Waals surface area (Å²) in [5, 5.41) is 10.5. The highest BCUT2D eigenvalue weighted by Gasteiger charge is 2.07. The van der Waals surface area contributed by atoms with E-state index in [1.165, 1.54) is 4.68 Å². The molecule has 1 aromatic heterocycles. The van der Waals surface area contributed by atoms with Crippen molar-refractivity contribution in [2.45, 2.75) is 26.2 Å². The van der Waals surface area contributed by atoms with Crippen LogP contribution in [-0.4, -0.2) is 21.1 Å². The Hall–Kier alpha value is -1.56. The number of hydrogen-bond acceptors (Lipinski definition) is 4. The summed E-state index contributed by atoms with van der Waals surface area (Å²) in [6.45, 7) is 1.63. The quantitative estimate of drug-likeness (QED) is 0.494. The molecule has 0 bridgehead atoms. The summed E-state index contributed by atoms with van der Waals surface area (Å²) >= 11 is 4.98. The summed E-state index contributed by atoms with van der Waals surface area (Å²) in [7, 11) is 0. The number of allylic oxidation sites excluding steroid dienone is 2. The van der Waals surface area contributed by atoms with Gasteiger partial charge in [-0.1, -0.05) is 12.2 Å². The minimum absolute atomic E-state index is 0.225. The zero-order chi connectivity index (χ0) is 12.3. The van der Waals surface area contributed by atoms with E-state index < -0.39 is 0 Å². The van der Waals surface area contributed by atoms with Crippen molar-refractivity contribution in [3.63, 3.8) is 0 Å². The molecule has 1 aliphatic rings. The third kappa shape index (κ3) is 2.76. The maximum atomic E-state index is 11.7. The van der Waals surface area contributed by atoms with E-state index in [2.05, 4.69) is 27.5 Å². The second kappa shape index (κ2) is 5.18. The molecule has 6 heteroatoms. The lowest BCUT2D eigenvalue weighted by molar-refractivity contribution is 0.617. The smallest absolute Gasteiger partial charge is 0.265 e. The lowest BCUT2D eigenvalue weighted by Crippen LogP contribution is -2.23. The van der Waals surface area contributed by atoms with Gasteiger partial charge >= 0.3 is 0 Å². The number of aromatic nitrogens is 3. The van der Waals surface area contributed by atoms with Gasteiger partial charge in [-0.15, -0.1) is 0 Å². The average molecular weight is 250 g/mol. The fourth-order valence-electron chi connectivity index (χ4n) is 1.69. The molecular weight excluding hydrogens is 236 g/mol. The van der Waals surface area contributed by atoms with Crippen molar-refractivity contribution in [3.8, 4) is 0 Å². The highest BCUT2D eigenvalue weighted by Crippen LogP contribution is 2.15. The van der Waals surface area contributed by atoms with Gasteiger partial charge in [0.2, 0.25) is 4.77 Å². The summed E-state index contributed by atoms with van der Waals surface area (Å²) in [6.07, 6.45) is 9.21. The Kier molecular flexibility index (Phi) is 3.63. The number of H-pyrrole nitrogens is 1. The minimum atomic E-state index is -0.267. The standard InChI is InChI=1S/C11H14N4OS/c1-8-10(16)15(11(17)14-13-8)12-7-9-5-3-2-4-6-9/h2-3,7,9H,4-6H2,1H3,(H,14,17)/t9-/m0/s1. The van der Waals surface area contributed by atoms with Crippen molar-refractivity contribution in [2.24, 2.45) is 11.0 Å². The van der Waals surface area contributed by atoms with Crippen LogP contribution in [0.2, 0.25) is 0 Å². The van der Waals surface area contributed by atoms with Crippen molar-refractivity contribution in [3.05, 3.63) is 33.0 Å². The van der Waals surface area contributed by atoms with Gasteiger partial charge in [-0.25, -0.2) is 0 Å². The minimum Gasteiger partial charge on any atom is -0.265 e. The molecule has 5 nitrogen and oxygen atoms in total. The first kappa shape index (κ1) is 11.9. The molecule has 0 aromatic carbocycles. The Morgan fingerprint density at radius 1 is 1.65 bits per heavy atom. The Bertz CT molecular complexity index is 570. The maximum Gasteiger partial charge on any atom is 0.296 e. The van der Waals surface area contributed by atoms with Crippen LogP contribution in [-0.2, 0) is 0 Å². The molecule has 0 fully saturated rings. The molecule has 1 atom stereocenters. The molecule has 1 N–H and O–H groups in total. The van der Waals surface area contributed by atoms with Crippen LogP contribution in [0.5, 0.6) is 0 Å². The summed E-state index contributed by atoms with van der Waals surface area (Å²) in [5.74, 6) is 0.384. The van der Waals surface area contributed by atoms with Crippen LogP contribution in [0.3, 0.4) is 0 Å². The number of aromatic amines is 1. The third-order valence-electron chi connectivity index (χ3n) is 2.72. The first-order valence-corrected chi connectivity index (χ1v) is 5.97. The van der Waals surface area contributed by atoms with Gasteiger partial charge in [0, 0.05) is 6.21 Å². The second-order valence-electron chi connectivity index (χ2n) is 4.04. The zero-order valence-electron chi connectivity index (χ0n) is 9.59. The van der Waals surface area contributed by atoms with Crippen molar-refractivity contribution in [2.75, 3.05) is 0 Å². The second-order valence-corrected chi connectivity index (χ2v) is 4.43. The Balaban J connectivity index is 2.27. The number of aryl methyl sites for hydroxylation is 1. The lowest BCUT2D eigenvalue weighted by Gasteiger charge is -2.11. The van der Waals surface area contributed by atoms with E-state index in [0.717, 1.165) is 19.3 Å². The number of nitrogens with one attached hydrogen (secondary N) is 1. The molecule has 90 valence electrons. The monoisotopic (exact) mass is 250 g/mol. The summed E-state index contributed by atoms with van der Waals surface area (Å²) in [5.41, 5.74) is 0.0932. The molecule has 2 rings (SSSR count). The first-order valence-electron chi connectivity index (χ1n) is 5.56. The normalized spacial score (nSPS) is 19.9. The van der Waals surface area contributed by atoms with Gasteiger partial charge in [0.25, 0.3) is 5.56 Å². The summed E-state index contributed by atoms with van der Waals surface area (Å²) in [6, 6.07) is 0.